The molecule has 0 aromatic carbocycles. The summed E-state index contributed by atoms with van der Waals surface area (Å²) < 4.78 is 1.77. The lowest BCUT2D eigenvalue weighted by Crippen LogP contribution is -2.08. The predicted octanol–water partition coefficient (Wildman–Crippen LogP) is 1.14. The molecule has 1 N–H and O–H groups in total. The van der Waals surface area contributed by atoms with E-state index in [1.165, 1.54) is 0 Å². The lowest BCUT2D eigenvalue weighted by Gasteiger charge is -2.04. The number of nitrogens with zero attached hydrogens (tertiary/aromatic N) is 2. The second kappa shape index (κ2) is 3.43. The van der Waals surface area contributed by atoms with Gasteiger partial charge in [0.1, 0.15) is 0 Å². The molecule has 0 spiro atoms. The molecule has 0 saturated carbocycles. The Morgan fingerprint density at radius 2 is 2.31 bits per heavy atom. The van der Waals surface area contributed by atoms with Crippen molar-refractivity contribution >= 4 is 5.97 Å². The average molecular weight is 180 g/mol. The van der Waals surface area contributed by atoms with Gasteiger partial charge in [0, 0.05) is 11.3 Å². The van der Waals surface area contributed by atoms with Crippen LogP contribution in [-0.2, 0) is 11.3 Å². The third-order valence-electron chi connectivity index (χ3n) is 2.01. The van der Waals surface area contributed by atoms with E-state index in [2.05, 4.69) is 11.6 Å². The van der Waals surface area contributed by atoms with Gasteiger partial charge in [-0.05, 0) is 13.8 Å². The van der Waals surface area contributed by atoms with Crippen LogP contribution < -0.4 is 0 Å². The zero-order valence-electron chi connectivity index (χ0n) is 7.74. The normalized spacial score (nSPS) is 10.0. The predicted molar refractivity (Wildman–Crippen MR) is 48.5 cm³/mol. The van der Waals surface area contributed by atoms with E-state index in [4.69, 9.17) is 5.11 Å². The molecule has 4 heteroatoms. The Labute approximate surface area is 76.5 Å². The Morgan fingerprint density at radius 1 is 1.69 bits per heavy atom. The highest BCUT2D eigenvalue weighted by Gasteiger charge is 2.07. The van der Waals surface area contributed by atoms with Crippen molar-refractivity contribution in [3.05, 3.63) is 29.9 Å². The van der Waals surface area contributed by atoms with Crippen LogP contribution in [-0.4, -0.2) is 20.6 Å². The van der Waals surface area contributed by atoms with E-state index in [1.807, 2.05) is 13.8 Å². The molecular formula is C9H12N2O2. The van der Waals surface area contributed by atoms with Crippen molar-refractivity contribution in [3.63, 3.8) is 0 Å². The molecule has 1 aromatic heterocycles. The Bertz CT molecular complexity index is 352. The van der Waals surface area contributed by atoms with E-state index in [-0.39, 0.29) is 5.57 Å². The molecule has 0 saturated heterocycles. The summed E-state index contributed by atoms with van der Waals surface area (Å²) in [5.74, 6) is -0.967. The van der Waals surface area contributed by atoms with Crippen molar-refractivity contribution in [1.29, 1.82) is 0 Å². The topological polar surface area (TPSA) is 55.1 Å². The summed E-state index contributed by atoms with van der Waals surface area (Å²) in [7, 11) is 0. The molecule has 0 fully saturated rings. The molecule has 0 unspecified atom stereocenters. The highest BCUT2D eigenvalue weighted by atomic mass is 16.4. The standard InChI is InChI=1S/C9H12N2O2/c1-6(9(12)13)4-11-5-10-7(2)8(11)3/h5H,1,4H2,2-3H3,(H,12,13). The number of carboxylic acids is 1. The van der Waals surface area contributed by atoms with E-state index in [9.17, 15) is 4.79 Å². The van der Waals surface area contributed by atoms with Crippen LogP contribution in [0.5, 0.6) is 0 Å². The maximum absolute atomic E-state index is 10.5. The summed E-state index contributed by atoms with van der Waals surface area (Å²) in [4.78, 5) is 14.5. The zero-order chi connectivity index (χ0) is 10.0. The molecule has 1 rings (SSSR count). The molecule has 1 aromatic rings. The van der Waals surface area contributed by atoms with E-state index in [0.717, 1.165) is 11.4 Å². The van der Waals surface area contributed by atoms with Gasteiger partial charge in [-0.2, -0.15) is 0 Å². The second-order valence-electron chi connectivity index (χ2n) is 2.95. The zero-order valence-corrected chi connectivity index (χ0v) is 7.74. The second-order valence-corrected chi connectivity index (χ2v) is 2.95. The largest absolute Gasteiger partial charge is 0.478 e. The minimum atomic E-state index is -0.967. The Kier molecular flexibility index (Phi) is 2.51. The molecule has 70 valence electrons. The third kappa shape index (κ3) is 1.96. The van der Waals surface area contributed by atoms with Crippen molar-refractivity contribution in [2.45, 2.75) is 20.4 Å². The fraction of sp³-hybridized carbons (Fsp3) is 0.333. The number of aryl methyl sites for hydroxylation is 1. The average Bonchev–Trinajstić information content (AvgIpc) is 2.36. The van der Waals surface area contributed by atoms with E-state index < -0.39 is 5.97 Å². The molecule has 0 atom stereocenters. The van der Waals surface area contributed by atoms with Gasteiger partial charge in [-0.3, -0.25) is 0 Å². The van der Waals surface area contributed by atoms with E-state index in [0.29, 0.717) is 6.54 Å². The molecule has 1 heterocycles. The number of hydrogen-bond donors (Lipinski definition) is 1. The third-order valence-corrected chi connectivity index (χ3v) is 2.01. The maximum atomic E-state index is 10.5. The number of aromatic nitrogens is 2. The number of carboxylic acid groups (broad SMARTS) is 1. The Morgan fingerprint density at radius 3 is 2.69 bits per heavy atom. The van der Waals surface area contributed by atoms with Crippen LogP contribution in [0.3, 0.4) is 0 Å². The van der Waals surface area contributed by atoms with Crippen molar-refractivity contribution < 1.29 is 9.90 Å². The van der Waals surface area contributed by atoms with Gasteiger partial charge in [0.15, 0.2) is 0 Å². The Hall–Kier alpha value is -1.58. The lowest BCUT2D eigenvalue weighted by molar-refractivity contribution is -0.132. The number of carbonyl (C=O) groups is 1. The van der Waals surface area contributed by atoms with Crippen LogP contribution in [0.2, 0.25) is 0 Å². The first-order chi connectivity index (χ1) is 6.02. The summed E-state index contributed by atoms with van der Waals surface area (Å²) in [6.45, 7) is 7.53. The highest BCUT2D eigenvalue weighted by molar-refractivity contribution is 5.85. The molecule has 0 aliphatic heterocycles. The lowest BCUT2D eigenvalue weighted by atomic mass is 10.3. The van der Waals surface area contributed by atoms with Gasteiger partial charge in [0.2, 0.25) is 0 Å². The van der Waals surface area contributed by atoms with Crippen LogP contribution in [0.25, 0.3) is 0 Å². The summed E-state index contributed by atoms with van der Waals surface area (Å²) in [5.41, 5.74) is 2.06. The van der Waals surface area contributed by atoms with Gasteiger partial charge in [-0.25, -0.2) is 9.78 Å². The number of aliphatic carboxylic acids is 1. The van der Waals surface area contributed by atoms with Gasteiger partial charge >= 0.3 is 5.97 Å². The summed E-state index contributed by atoms with van der Waals surface area (Å²) in [5, 5.41) is 8.61. The van der Waals surface area contributed by atoms with Gasteiger partial charge in [0.05, 0.1) is 18.6 Å². The van der Waals surface area contributed by atoms with Crippen LogP contribution >= 0.6 is 0 Å². The molecule has 0 aliphatic rings. The maximum Gasteiger partial charge on any atom is 0.332 e. The van der Waals surface area contributed by atoms with E-state index in [1.54, 1.807) is 10.9 Å². The van der Waals surface area contributed by atoms with Crippen molar-refractivity contribution in [1.82, 2.24) is 9.55 Å². The fourth-order valence-corrected chi connectivity index (χ4v) is 0.977. The van der Waals surface area contributed by atoms with Crippen molar-refractivity contribution in [3.8, 4) is 0 Å². The van der Waals surface area contributed by atoms with Crippen LogP contribution in [0, 0.1) is 13.8 Å². The SMILES string of the molecule is C=C(Cn1cnc(C)c1C)C(=O)O. The highest BCUT2D eigenvalue weighted by Crippen LogP contribution is 2.06. The monoisotopic (exact) mass is 180 g/mol. The first kappa shape index (κ1) is 9.51. The Balaban J connectivity index is 2.81. The minimum Gasteiger partial charge on any atom is -0.478 e. The molecule has 13 heavy (non-hydrogen) atoms. The van der Waals surface area contributed by atoms with Crippen molar-refractivity contribution in [2.75, 3.05) is 0 Å². The molecule has 0 bridgehead atoms. The molecular weight excluding hydrogens is 168 g/mol. The van der Waals surface area contributed by atoms with Gasteiger partial charge in [-0.1, -0.05) is 6.58 Å². The first-order valence-corrected chi connectivity index (χ1v) is 3.91. The number of rotatable bonds is 3. The van der Waals surface area contributed by atoms with Crippen LogP contribution in [0.4, 0.5) is 0 Å². The van der Waals surface area contributed by atoms with Gasteiger partial charge < -0.3 is 9.67 Å². The van der Waals surface area contributed by atoms with Gasteiger partial charge in [0.25, 0.3) is 0 Å². The van der Waals surface area contributed by atoms with Crippen molar-refractivity contribution in [2.24, 2.45) is 0 Å². The molecule has 0 amide bonds. The van der Waals surface area contributed by atoms with Crippen LogP contribution in [0.15, 0.2) is 18.5 Å². The minimum absolute atomic E-state index is 0.167. The first-order valence-electron chi connectivity index (χ1n) is 3.91. The van der Waals surface area contributed by atoms with Gasteiger partial charge in [-0.15, -0.1) is 0 Å². The smallest absolute Gasteiger partial charge is 0.332 e. The number of imidazole rings is 1. The molecule has 0 radical (unpaired) electrons. The number of hydrogen-bond acceptors (Lipinski definition) is 2. The summed E-state index contributed by atoms with van der Waals surface area (Å²) in [6, 6.07) is 0. The van der Waals surface area contributed by atoms with E-state index >= 15 is 0 Å². The van der Waals surface area contributed by atoms with Crippen LogP contribution in [0.1, 0.15) is 11.4 Å². The fourth-order valence-electron chi connectivity index (χ4n) is 0.977. The quantitative estimate of drug-likeness (QED) is 0.709. The summed E-state index contributed by atoms with van der Waals surface area (Å²) in [6.07, 6.45) is 1.62. The molecule has 4 nitrogen and oxygen atoms in total. The summed E-state index contributed by atoms with van der Waals surface area (Å²) >= 11 is 0. The molecule has 0 aliphatic carbocycles.